The van der Waals surface area contributed by atoms with Gasteiger partial charge in [-0.15, -0.1) is 0 Å². The Kier molecular flexibility index (Phi) is 3.39. The summed E-state index contributed by atoms with van der Waals surface area (Å²) in [5.74, 6) is 1.54. The molecule has 1 saturated carbocycles. The molecule has 13 heavy (non-hydrogen) atoms. The minimum absolute atomic E-state index is 0.144. The maximum atomic E-state index is 11.2. The van der Waals surface area contributed by atoms with Crippen molar-refractivity contribution < 1.29 is 4.79 Å². The van der Waals surface area contributed by atoms with E-state index in [0.717, 1.165) is 37.5 Å². The van der Waals surface area contributed by atoms with E-state index in [4.69, 9.17) is 11.6 Å². The first-order chi connectivity index (χ1) is 5.96. The van der Waals surface area contributed by atoms with Gasteiger partial charge in [0, 0.05) is 5.41 Å². The van der Waals surface area contributed by atoms with E-state index in [1.54, 1.807) is 0 Å². The average molecular weight is 203 g/mol. The number of halogens is 1. The van der Waals surface area contributed by atoms with Crippen LogP contribution >= 0.6 is 11.6 Å². The van der Waals surface area contributed by atoms with Crippen molar-refractivity contribution in [1.29, 1.82) is 0 Å². The Balaban J connectivity index is 2.51. The van der Waals surface area contributed by atoms with Crippen LogP contribution in [0.4, 0.5) is 0 Å². The van der Waals surface area contributed by atoms with Crippen molar-refractivity contribution >= 4 is 16.8 Å². The highest BCUT2D eigenvalue weighted by Crippen LogP contribution is 2.42. The number of hydrogen-bond acceptors (Lipinski definition) is 1. The zero-order valence-electron chi connectivity index (χ0n) is 8.77. The van der Waals surface area contributed by atoms with Crippen molar-refractivity contribution in [3.63, 3.8) is 0 Å². The second-order valence-corrected chi connectivity index (χ2v) is 5.26. The molecule has 0 aliphatic heterocycles. The predicted octanol–water partition coefficient (Wildman–Crippen LogP) is 3.60. The maximum Gasteiger partial charge on any atom is 0.227 e. The second kappa shape index (κ2) is 4.00. The Labute approximate surface area is 85.8 Å². The van der Waals surface area contributed by atoms with Gasteiger partial charge >= 0.3 is 0 Å². The molecule has 0 unspecified atom stereocenters. The van der Waals surface area contributed by atoms with Crippen molar-refractivity contribution in [1.82, 2.24) is 0 Å². The van der Waals surface area contributed by atoms with E-state index in [1.165, 1.54) is 0 Å². The van der Waals surface area contributed by atoms with Gasteiger partial charge in [0.25, 0.3) is 0 Å². The highest BCUT2D eigenvalue weighted by Gasteiger charge is 2.36. The van der Waals surface area contributed by atoms with E-state index in [-0.39, 0.29) is 10.7 Å². The first-order valence-corrected chi connectivity index (χ1v) is 5.53. The third-order valence-corrected chi connectivity index (χ3v) is 4.01. The summed E-state index contributed by atoms with van der Waals surface area (Å²) in [5, 5.41) is -0.144. The summed E-state index contributed by atoms with van der Waals surface area (Å²) < 4.78 is 0. The van der Waals surface area contributed by atoms with Crippen LogP contribution in [0.1, 0.15) is 46.5 Å². The molecule has 0 amide bonds. The van der Waals surface area contributed by atoms with E-state index in [0.29, 0.717) is 0 Å². The van der Waals surface area contributed by atoms with Crippen LogP contribution in [0.2, 0.25) is 0 Å². The van der Waals surface area contributed by atoms with Crippen LogP contribution in [0.15, 0.2) is 0 Å². The molecule has 0 N–H and O–H groups in total. The fraction of sp³-hybridized carbons (Fsp3) is 0.909. The molecule has 0 bridgehead atoms. The summed E-state index contributed by atoms with van der Waals surface area (Å²) in [4.78, 5) is 11.2. The van der Waals surface area contributed by atoms with Crippen molar-refractivity contribution in [2.75, 3.05) is 0 Å². The van der Waals surface area contributed by atoms with Gasteiger partial charge in [0.1, 0.15) is 0 Å². The first-order valence-electron chi connectivity index (χ1n) is 5.15. The third kappa shape index (κ3) is 2.46. The second-order valence-electron chi connectivity index (χ2n) is 4.92. The van der Waals surface area contributed by atoms with E-state index in [1.807, 2.05) is 6.92 Å². The summed E-state index contributed by atoms with van der Waals surface area (Å²) in [6, 6.07) is 0. The molecule has 76 valence electrons. The molecular weight excluding hydrogens is 184 g/mol. The lowest BCUT2D eigenvalue weighted by atomic mass is 9.70. The molecular formula is C11H19ClO. The standard InChI is InChI=1S/C11H19ClO/c1-8(2)9-4-6-11(3,7-5-9)10(12)13/h8-9H,4-7H2,1-3H3. The van der Waals surface area contributed by atoms with Gasteiger partial charge in [-0.2, -0.15) is 0 Å². The van der Waals surface area contributed by atoms with Crippen LogP contribution in [0.5, 0.6) is 0 Å². The predicted molar refractivity (Wildman–Crippen MR) is 55.8 cm³/mol. The zero-order chi connectivity index (χ0) is 10.1. The quantitative estimate of drug-likeness (QED) is 0.626. The average Bonchev–Trinajstić information content (AvgIpc) is 2.04. The van der Waals surface area contributed by atoms with Gasteiger partial charge < -0.3 is 0 Å². The fourth-order valence-corrected chi connectivity index (χ4v) is 2.33. The first kappa shape index (κ1) is 11.0. The van der Waals surface area contributed by atoms with Gasteiger partial charge in [0.05, 0.1) is 0 Å². The van der Waals surface area contributed by atoms with Gasteiger partial charge in [-0.05, 0) is 49.1 Å². The summed E-state index contributed by atoms with van der Waals surface area (Å²) in [7, 11) is 0. The molecule has 0 aromatic heterocycles. The Morgan fingerprint density at radius 1 is 1.38 bits per heavy atom. The largest absolute Gasteiger partial charge is 0.281 e. The fourth-order valence-electron chi connectivity index (χ4n) is 2.14. The lowest BCUT2D eigenvalue weighted by molar-refractivity contribution is -0.121. The van der Waals surface area contributed by atoms with Crippen molar-refractivity contribution in [2.24, 2.45) is 17.3 Å². The number of hydrogen-bond donors (Lipinski definition) is 0. The van der Waals surface area contributed by atoms with Crippen LogP contribution in [0.25, 0.3) is 0 Å². The molecule has 0 spiro atoms. The molecule has 1 fully saturated rings. The highest BCUT2D eigenvalue weighted by molar-refractivity contribution is 6.64. The highest BCUT2D eigenvalue weighted by atomic mass is 35.5. The third-order valence-electron chi connectivity index (χ3n) is 3.55. The Morgan fingerprint density at radius 3 is 2.15 bits per heavy atom. The molecule has 0 aromatic carbocycles. The van der Waals surface area contributed by atoms with E-state index < -0.39 is 0 Å². The van der Waals surface area contributed by atoms with Gasteiger partial charge in [-0.1, -0.05) is 20.8 Å². The topological polar surface area (TPSA) is 17.1 Å². The minimum atomic E-state index is -0.229. The maximum absolute atomic E-state index is 11.2. The Morgan fingerprint density at radius 2 is 1.85 bits per heavy atom. The normalized spacial score (nSPS) is 35.0. The van der Waals surface area contributed by atoms with Crippen molar-refractivity contribution in [3.05, 3.63) is 0 Å². The molecule has 0 saturated heterocycles. The number of carbonyl (C=O) groups excluding carboxylic acids is 1. The summed E-state index contributed by atoms with van der Waals surface area (Å²) in [6.45, 7) is 6.52. The van der Waals surface area contributed by atoms with Gasteiger partial charge in [-0.3, -0.25) is 4.79 Å². The van der Waals surface area contributed by atoms with Gasteiger partial charge in [0.15, 0.2) is 0 Å². The van der Waals surface area contributed by atoms with E-state index in [9.17, 15) is 4.79 Å². The Bertz CT molecular complexity index is 190. The zero-order valence-corrected chi connectivity index (χ0v) is 9.53. The molecule has 0 aromatic rings. The molecule has 1 aliphatic rings. The molecule has 0 atom stereocenters. The van der Waals surface area contributed by atoms with Crippen LogP contribution in [0, 0.1) is 17.3 Å². The van der Waals surface area contributed by atoms with Crippen LogP contribution in [-0.2, 0) is 4.79 Å². The number of rotatable bonds is 2. The molecule has 1 nitrogen and oxygen atoms in total. The van der Waals surface area contributed by atoms with Crippen LogP contribution < -0.4 is 0 Å². The summed E-state index contributed by atoms with van der Waals surface area (Å²) in [5.41, 5.74) is -0.229. The lowest BCUT2D eigenvalue weighted by Crippen LogP contribution is -2.31. The van der Waals surface area contributed by atoms with Crippen LogP contribution in [-0.4, -0.2) is 5.24 Å². The van der Waals surface area contributed by atoms with Crippen molar-refractivity contribution in [3.8, 4) is 0 Å². The molecule has 2 heteroatoms. The van der Waals surface area contributed by atoms with E-state index >= 15 is 0 Å². The van der Waals surface area contributed by atoms with Gasteiger partial charge in [-0.25, -0.2) is 0 Å². The minimum Gasteiger partial charge on any atom is -0.281 e. The monoisotopic (exact) mass is 202 g/mol. The Hall–Kier alpha value is -0.0400. The SMILES string of the molecule is CC(C)C1CCC(C)(C(=O)Cl)CC1. The van der Waals surface area contributed by atoms with E-state index in [2.05, 4.69) is 13.8 Å². The smallest absolute Gasteiger partial charge is 0.227 e. The lowest BCUT2D eigenvalue weighted by Gasteiger charge is -2.36. The summed E-state index contributed by atoms with van der Waals surface area (Å²) >= 11 is 5.59. The van der Waals surface area contributed by atoms with Gasteiger partial charge in [0.2, 0.25) is 5.24 Å². The molecule has 0 heterocycles. The molecule has 1 aliphatic carbocycles. The number of carbonyl (C=O) groups is 1. The molecule has 0 radical (unpaired) electrons. The van der Waals surface area contributed by atoms with Crippen molar-refractivity contribution in [2.45, 2.75) is 46.5 Å². The molecule has 1 rings (SSSR count). The van der Waals surface area contributed by atoms with Crippen LogP contribution in [0.3, 0.4) is 0 Å². The summed E-state index contributed by atoms with van der Waals surface area (Å²) in [6.07, 6.45) is 4.26.